The highest BCUT2D eigenvalue weighted by atomic mass is 16.4. The molecule has 0 heterocycles. The molecule has 0 spiro atoms. The maximum atomic E-state index is 12.9. The van der Waals surface area contributed by atoms with Gasteiger partial charge in [0.15, 0.2) is 0 Å². The van der Waals surface area contributed by atoms with Crippen molar-refractivity contribution in [1.29, 1.82) is 0 Å². The van der Waals surface area contributed by atoms with E-state index in [9.17, 15) is 33.9 Å². The summed E-state index contributed by atoms with van der Waals surface area (Å²) in [5, 5.41) is 16.8. The van der Waals surface area contributed by atoms with Crippen LogP contribution in [0.2, 0.25) is 0 Å². The van der Waals surface area contributed by atoms with Crippen LogP contribution in [-0.4, -0.2) is 64.8 Å². The summed E-state index contributed by atoms with van der Waals surface area (Å²) in [6.45, 7) is 6.73. The number of carboxylic acid groups (broad SMARTS) is 1. The van der Waals surface area contributed by atoms with E-state index in [-0.39, 0.29) is 25.7 Å². The molecule has 0 aromatic rings. The summed E-state index contributed by atoms with van der Waals surface area (Å²) < 4.78 is 0. The van der Waals surface area contributed by atoms with Crippen LogP contribution < -0.4 is 33.2 Å². The lowest BCUT2D eigenvalue weighted by Gasteiger charge is -2.27. The van der Waals surface area contributed by atoms with E-state index in [4.69, 9.17) is 17.2 Å². The van der Waals surface area contributed by atoms with Crippen molar-refractivity contribution in [1.82, 2.24) is 16.0 Å². The largest absolute Gasteiger partial charge is 0.480 e. The number of hydrogen-bond donors (Lipinski definition) is 7. The van der Waals surface area contributed by atoms with Crippen molar-refractivity contribution in [3.63, 3.8) is 0 Å². The standard InChI is InChI=1S/C21H38N6O7/c1-5-11(4)17(21(33)34)27-19(31)13(7-9-15(24)29)25-20(32)16(10(2)3)26-18(30)12(22)6-8-14(23)28/h10-13,16-17H,5-9,22H2,1-4H3,(H2,23,28)(H2,24,29)(H,25,32)(H,26,30)(H,27,31)(H,33,34). The maximum absolute atomic E-state index is 12.9. The summed E-state index contributed by atoms with van der Waals surface area (Å²) in [6.07, 6.45) is -0.0490. The molecule has 0 aromatic heterocycles. The van der Waals surface area contributed by atoms with Gasteiger partial charge < -0.3 is 38.3 Å². The molecule has 0 aliphatic carbocycles. The van der Waals surface area contributed by atoms with Gasteiger partial charge in [0, 0.05) is 12.8 Å². The van der Waals surface area contributed by atoms with Crippen molar-refractivity contribution in [3.8, 4) is 0 Å². The number of carbonyl (C=O) groups is 6. The SMILES string of the molecule is CCC(C)C(NC(=O)C(CCC(N)=O)NC(=O)C(NC(=O)C(N)CCC(N)=O)C(C)C)C(=O)O. The molecule has 0 saturated carbocycles. The van der Waals surface area contributed by atoms with Crippen molar-refractivity contribution in [2.45, 2.75) is 84.0 Å². The quantitative estimate of drug-likeness (QED) is 0.129. The Morgan fingerprint density at radius 2 is 1.26 bits per heavy atom. The second kappa shape index (κ2) is 14.8. The van der Waals surface area contributed by atoms with Gasteiger partial charge in [0.2, 0.25) is 29.5 Å². The zero-order valence-electron chi connectivity index (χ0n) is 20.1. The predicted molar refractivity (Wildman–Crippen MR) is 123 cm³/mol. The molecular formula is C21H38N6O7. The Morgan fingerprint density at radius 1 is 0.765 bits per heavy atom. The van der Waals surface area contributed by atoms with Gasteiger partial charge in [-0.25, -0.2) is 4.79 Å². The first-order chi connectivity index (χ1) is 15.7. The highest BCUT2D eigenvalue weighted by molar-refractivity contribution is 5.94. The summed E-state index contributed by atoms with van der Waals surface area (Å²) >= 11 is 0. The Morgan fingerprint density at radius 3 is 1.71 bits per heavy atom. The molecule has 34 heavy (non-hydrogen) atoms. The fourth-order valence-corrected chi connectivity index (χ4v) is 2.98. The molecule has 194 valence electrons. The van der Waals surface area contributed by atoms with Gasteiger partial charge in [0.25, 0.3) is 0 Å². The molecular weight excluding hydrogens is 448 g/mol. The number of nitrogens with two attached hydrogens (primary N) is 3. The van der Waals surface area contributed by atoms with Gasteiger partial charge in [0.05, 0.1) is 6.04 Å². The molecule has 0 fully saturated rings. The summed E-state index contributed by atoms with van der Waals surface area (Å²) in [5.41, 5.74) is 16.0. The maximum Gasteiger partial charge on any atom is 0.326 e. The van der Waals surface area contributed by atoms with Crippen molar-refractivity contribution in [2.24, 2.45) is 29.0 Å². The second-order valence-corrected chi connectivity index (χ2v) is 8.62. The summed E-state index contributed by atoms with van der Waals surface area (Å²) in [7, 11) is 0. The lowest BCUT2D eigenvalue weighted by molar-refractivity contribution is -0.144. The molecule has 13 heteroatoms. The minimum absolute atomic E-state index is 0.0105. The van der Waals surface area contributed by atoms with E-state index in [1.54, 1.807) is 27.7 Å². The van der Waals surface area contributed by atoms with Crippen LogP contribution in [0.5, 0.6) is 0 Å². The number of hydrogen-bond acceptors (Lipinski definition) is 7. The molecule has 0 radical (unpaired) electrons. The number of aliphatic carboxylic acids is 1. The van der Waals surface area contributed by atoms with Crippen LogP contribution in [0.25, 0.3) is 0 Å². The average Bonchev–Trinajstić information content (AvgIpc) is 2.74. The summed E-state index contributed by atoms with van der Waals surface area (Å²) in [6, 6.07) is -4.65. The monoisotopic (exact) mass is 486 g/mol. The third-order valence-corrected chi connectivity index (χ3v) is 5.37. The molecule has 5 unspecified atom stereocenters. The van der Waals surface area contributed by atoms with Crippen molar-refractivity contribution < 1.29 is 33.9 Å². The predicted octanol–water partition coefficient (Wildman–Crippen LogP) is -1.91. The van der Waals surface area contributed by atoms with E-state index in [0.29, 0.717) is 6.42 Å². The first-order valence-electron chi connectivity index (χ1n) is 11.2. The first-order valence-corrected chi connectivity index (χ1v) is 11.2. The van der Waals surface area contributed by atoms with Gasteiger partial charge in [-0.15, -0.1) is 0 Å². The van der Waals surface area contributed by atoms with Crippen LogP contribution in [0.4, 0.5) is 0 Å². The van der Waals surface area contributed by atoms with E-state index in [1.165, 1.54) is 0 Å². The van der Waals surface area contributed by atoms with Gasteiger partial charge in [-0.1, -0.05) is 34.1 Å². The van der Waals surface area contributed by atoms with Gasteiger partial charge in [-0.2, -0.15) is 0 Å². The van der Waals surface area contributed by atoms with Crippen molar-refractivity contribution in [3.05, 3.63) is 0 Å². The third kappa shape index (κ3) is 11.1. The van der Waals surface area contributed by atoms with Crippen molar-refractivity contribution in [2.75, 3.05) is 0 Å². The van der Waals surface area contributed by atoms with Crippen LogP contribution in [0.15, 0.2) is 0 Å². The summed E-state index contributed by atoms with van der Waals surface area (Å²) in [4.78, 5) is 71.8. The highest BCUT2D eigenvalue weighted by Crippen LogP contribution is 2.10. The van der Waals surface area contributed by atoms with Gasteiger partial charge in [0.1, 0.15) is 18.1 Å². The average molecular weight is 487 g/mol. The van der Waals surface area contributed by atoms with E-state index in [2.05, 4.69) is 16.0 Å². The van der Waals surface area contributed by atoms with E-state index < -0.39 is 71.5 Å². The van der Waals surface area contributed by atoms with E-state index in [1.807, 2.05) is 0 Å². The van der Waals surface area contributed by atoms with E-state index in [0.717, 1.165) is 0 Å². The number of primary amides is 2. The van der Waals surface area contributed by atoms with Crippen LogP contribution in [-0.2, 0) is 28.8 Å². The fourth-order valence-electron chi connectivity index (χ4n) is 2.98. The molecule has 0 aliphatic heterocycles. The minimum Gasteiger partial charge on any atom is -0.480 e. The molecule has 0 saturated heterocycles. The first kappa shape index (κ1) is 30.8. The second-order valence-electron chi connectivity index (χ2n) is 8.62. The van der Waals surface area contributed by atoms with Crippen LogP contribution in [0.3, 0.4) is 0 Å². The van der Waals surface area contributed by atoms with Gasteiger partial charge in [-0.3, -0.25) is 24.0 Å². The number of carbonyl (C=O) groups excluding carboxylic acids is 5. The smallest absolute Gasteiger partial charge is 0.326 e. The minimum atomic E-state index is -1.27. The van der Waals surface area contributed by atoms with Crippen LogP contribution in [0, 0.1) is 11.8 Å². The molecule has 13 nitrogen and oxygen atoms in total. The Bertz CT molecular complexity index is 758. The number of amides is 5. The molecule has 0 aliphatic rings. The highest BCUT2D eigenvalue weighted by Gasteiger charge is 2.33. The lowest BCUT2D eigenvalue weighted by Crippen LogP contribution is -2.59. The van der Waals surface area contributed by atoms with Crippen LogP contribution in [0.1, 0.15) is 59.8 Å². The van der Waals surface area contributed by atoms with Crippen LogP contribution >= 0.6 is 0 Å². The molecule has 0 rings (SSSR count). The van der Waals surface area contributed by atoms with E-state index >= 15 is 0 Å². The Hall–Kier alpha value is -3.22. The normalized spacial score (nSPS) is 15.4. The third-order valence-electron chi connectivity index (χ3n) is 5.37. The Labute approximate surface area is 198 Å². The molecule has 0 aromatic carbocycles. The lowest BCUT2D eigenvalue weighted by atomic mass is 9.98. The topological polar surface area (TPSA) is 237 Å². The molecule has 0 bridgehead atoms. The number of nitrogens with one attached hydrogen (secondary N) is 3. The molecule has 5 atom stereocenters. The zero-order valence-corrected chi connectivity index (χ0v) is 20.1. The number of rotatable bonds is 16. The van der Waals surface area contributed by atoms with Crippen molar-refractivity contribution >= 4 is 35.5 Å². The Balaban J connectivity index is 5.52. The summed E-state index contributed by atoms with van der Waals surface area (Å²) in [5.74, 6) is -5.59. The van der Waals surface area contributed by atoms with Gasteiger partial charge in [-0.05, 0) is 24.7 Å². The molecule has 5 amide bonds. The Kier molecular flexibility index (Phi) is 13.4. The van der Waals surface area contributed by atoms with Gasteiger partial charge >= 0.3 is 5.97 Å². The fraction of sp³-hybridized carbons (Fsp3) is 0.714. The molecule has 10 N–H and O–H groups in total. The zero-order chi connectivity index (χ0) is 26.6. The number of carboxylic acids is 1.